The highest BCUT2D eigenvalue weighted by Gasteiger charge is 2.26. The first-order valence-corrected chi connectivity index (χ1v) is 9.71. The van der Waals surface area contributed by atoms with E-state index in [1.165, 1.54) is 23.7 Å². The molecule has 168 valence electrons. The van der Waals surface area contributed by atoms with Gasteiger partial charge in [0.25, 0.3) is 17.7 Å². The van der Waals surface area contributed by atoms with Crippen molar-refractivity contribution in [1.82, 2.24) is 21.1 Å². The molecule has 0 spiro atoms. The molecule has 0 saturated carbocycles. The molecular formula is C21H22FN5O5. The third-order valence-corrected chi connectivity index (χ3v) is 4.96. The second-order valence-electron chi connectivity index (χ2n) is 7.18. The van der Waals surface area contributed by atoms with Crippen LogP contribution in [0.25, 0.3) is 11.6 Å². The summed E-state index contributed by atoms with van der Waals surface area (Å²) < 4.78 is 13.6. The fourth-order valence-electron chi connectivity index (χ4n) is 3.39. The maximum absolute atomic E-state index is 13.6. The molecule has 10 nitrogen and oxygen atoms in total. The number of hydrogen-bond donors (Lipinski definition) is 6. The number of aromatic amines is 1. The van der Waals surface area contributed by atoms with Crippen molar-refractivity contribution in [3.63, 3.8) is 0 Å². The summed E-state index contributed by atoms with van der Waals surface area (Å²) in [7, 11) is 0. The lowest BCUT2D eigenvalue weighted by Gasteiger charge is -2.07. The van der Waals surface area contributed by atoms with Gasteiger partial charge in [0.15, 0.2) is 0 Å². The van der Waals surface area contributed by atoms with E-state index >= 15 is 0 Å². The number of fused-ring (bicyclic) bond motifs is 1. The van der Waals surface area contributed by atoms with E-state index in [9.17, 15) is 23.6 Å². The second-order valence-corrected chi connectivity index (χ2v) is 7.18. The Kier molecular flexibility index (Phi) is 6.69. The molecular weight excluding hydrogens is 421 g/mol. The number of carbonyl (C=O) groups is 4. The molecule has 3 rings (SSSR count). The predicted octanol–water partition coefficient (Wildman–Crippen LogP) is 1.00. The van der Waals surface area contributed by atoms with Crippen molar-refractivity contribution in [2.24, 2.45) is 0 Å². The molecule has 2 heterocycles. The minimum absolute atomic E-state index is 0.0287. The van der Waals surface area contributed by atoms with Gasteiger partial charge in [0.2, 0.25) is 5.91 Å². The first-order chi connectivity index (χ1) is 15.2. The van der Waals surface area contributed by atoms with Crippen LogP contribution in [0.15, 0.2) is 18.2 Å². The average molecular weight is 443 g/mol. The highest BCUT2D eigenvalue weighted by Crippen LogP contribution is 2.34. The number of halogens is 1. The molecule has 0 aliphatic carbocycles. The summed E-state index contributed by atoms with van der Waals surface area (Å²) in [4.78, 5) is 50.6. The maximum atomic E-state index is 13.6. The summed E-state index contributed by atoms with van der Waals surface area (Å²) in [5.74, 6) is -2.48. The summed E-state index contributed by atoms with van der Waals surface area (Å²) >= 11 is 0. The highest BCUT2D eigenvalue weighted by molar-refractivity contribution is 6.34. The van der Waals surface area contributed by atoms with E-state index in [0.717, 1.165) is 0 Å². The maximum Gasteiger partial charge on any atom is 0.262 e. The molecule has 32 heavy (non-hydrogen) atoms. The van der Waals surface area contributed by atoms with Gasteiger partial charge in [-0.05, 0) is 43.7 Å². The van der Waals surface area contributed by atoms with Crippen molar-refractivity contribution < 1.29 is 28.8 Å². The number of amides is 4. The van der Waals surface area contributed by atoms with Crippen LogP contribution in [-0.2, 0) is 14.4 Å². The van der Waals surface area contributed by atoms with Gasteiger partial charge in [0.1, 0.15) is 5.82 Å². The van der Waals surface area contributed by atoms with Crippen molar-refractivity contribution >= 4 is 41.0 Å². The van der Waals surface area contributed by atoms with Crippen LogP contribution >= 0.6 is 0 Å². The average Bonchev–Trinajstić information content (AvgIpc) is 3.21. The second kappa shape index (κ2) is 9.43. The molecule has 6 N–H and O–H groups in total. The number of nitrogens with one attached hydrogen (secondary N) is 5. The lowest BCUT2D eigenvalue weighted by atomic mass is 10.0. The van der Waals surface area contributed by atoms with E-state index in [0.29, 0.717) is 33.8 Å². The molecule has 0 bridgehead atoms. The Hall–Kier alpha value is -3.99. The molecule has 2 aromatic rings. The van der Waals surface area contributed by atoms with E-state index < -0.39 is 23.5 Å². The van der Waals surface area contributed by atoms with Gasteiger partial charge in [-0.1, -0.05) is 0 Å². The summed E-state index contributed by atoms with van der Waals surface area (Å²) in [6.45, 7) is 3.07. The zero-order valence-electron chi connectivity index (χ0n) is 17.4. The molecule has 11 heteroatoms. The molecule has 0 saturated heterocycles. The first-order valence-electron chi connectivity index (χ1n) is 9.71. The first kappa shape index (κ1) is 22.7. The number of rotatable bonds is 7. The molecule has 4 amide bonds. The fourth-order valence-corrected chi connectivity index (χ4v) is 3.39. The Morgan fingerprint density at radius 1 is 1.16 bits per heavy atom. The summed E-state index contributed by atoms with van der Waals surface area (Å²) in [6.07, 6.45) is 1.51. The van der Waals surface area contributed by atoms with Gasteiger partial charge in [-0.15, -0.1) is 0 Å². The van der Waals surface area contributed by atoms with Gasteiger partial charge in [-0.3, -0.25) is 24.4 Å². The Balaban J connectivity index is 1.70. The topological polar surface area (TPSA) is 152 Å². The van der Waals surface area contributed by atoms with Gasteiger partial charge >= 0.3 is 0 Å². The largest absolute Gasteiger partial charge is 0.358 e. The molecule has 1 aliphatic heterocycles. The Bertz CT molecular complexity index is 1140. The van der Waals surface area contributed by atoms with Gasteiger partial charge in [0.05, 0.1) is 17.7 Å². The molecule has 1 aliphatic rings. The number of H-pyrrole nitrogens is 1. The highest BCUT2D eigenvalue weighted by atomic mass is 19.1. The normalized spacial score (nSPS) is 13.5. The van der Waals surface area contributed by atoms with E-state index in [1.54, 1.807) is 19.9 Å². The zero-order chi connectivity index (χ0) is 23.4. The number of benzene rings is 1. The molecule has 0 unspecified atom stereocenters. The van der Waals surface area contributed by atoms with Crippen LogP contribution in [-0.4, -0.2) is 46.9 Å². The van der Waals surface area contributed by atoms with E-state index in [2.05, 4.69) is 20.9 Å². The van der Waals surface area contributed by atoms with Crippen LogP contribution in [0.4, 0.5) is 10.1 Å². The molecule has 1 aromatic carbocycles. The van der Waals surface area contributed by atoms with E-state index in [1.807, 2.05) is 0 Å². The van der Waals surface area contributed by atoms with Gasteiger partial charge in [-0.2, -0.15) is 0 Å². The van der Waals surface area contributed by atoms with Crippen molar-refractivity contribution in [3.8, 4) is 0 Å². The minimum Gasteiger partial charge on any atom is -0.358 e. The quantitative estimate of drug-likeness (QED) is 0.214. The van der Waals surface area contributed by atoms with Crippen LogP contribution < -0.4 is 21.4 Å². The van der Waals surface area contributed by atoms with E-state index in [-0.39, 0.29) is 31.0 Å². The lowest BCUT2D eigenvalue weighted by molar-refractivity contribution is -0.131. The standard InChI is InChI=1S/C21H22FN5O5/c1-10-16(8-14-13-7-12(22)3-4-15(13)26-20(14)30)25-11(2)19(10)21(31)23-6-5-17(28)24-9-18(29)27-32/h3-4,7-8,25,32H,5-6,9H2,1-2H3,(H,23,31)(H,24,28)(H,26,30)(H,27,29)/b14-8-. The van der Waals surface area contributed by atoms with Gasteiger partial charge in [-0.25, -0.2) is 9.87 Å². The molecule has 0 radical (unpaired) electrons. The monoisotopic (exact) mass is 443 g/mol. The fraction of sp³-hybridized carbons (Fsp3) is 0.238. The Morgan fingerprint density at radius 2 is 1.91 bits per heavy atom. The number of hydroxylamine groups is 1. The number of anilines is 1. The zero-order valence-corrected chi connectivity index (χ0v) is 17.4. The lowest BCUT2D eigenvalue weighted by Crippen LogP contribution is -2.37. The Labute approximate surface area is 182 Å². The van der Waals surface area contributed by atoms with Crippen molar-refractivity contribution in [1.29, 1.82) is 0 Å². The van der Waals surface area contributed by atoms with Crippen LogP contribution in [0.2, 0.25) is 0 Å². The summed E-state index contributed by atoms with van der Waals surface area (Å²) in [5.41, 5.74) is 4.67. The third kappa shape index (κ3) is 4.83. The SMILES string of the molecule is Cc1[nH]c(/C=C2\C(=O)Nc3ccc(F)cc32)c(C)c1C(=O)NCCC(=O)NCC(=O)NO. The molecule has 0 fully saturated rings. The van der Waals surface area contributed by atoms with Gasteiger partial charge < -0.3 is 20.9 Å². The third-order valence-electron chi connectivity index (χ3n) is 4.96. The van der Waals surface area contributed by atoms with Gasteiger partial charge in [0, 0.05) is 35.6 Å². The number of carbonyl (C=O) groups excluding carboxylic acids is 4. The number of aryl methyl sites for hydroxylation is 1. The predicted molar refractivity (Wildman–Crippen MR) is 113 cm³/mol. The molecule has 1 aromatic heterocycles. The van der Waals surface area contributed by atoms with Crippen LogP contribution in [0.5, 0.6) is 0 Å². The van der Waals surface area contributed by atoms with E-state index in [4.69, 9.17) is 5.21 Å². The smallest absolute Gasteiger partial charge is 0.262 e. The van der Waals surface area contributed by atoms with Crippen LogP contribution in [0.1, 0.15) is 39.3 Å². The number of aromatic nitrogens is 1. The summed E-state index contributed by atoms with van der Waals surface area (Å²) in [5, 5.41) is 16.0. The molecule has 0 atom stereocenters. The van der Waals surface area contributed by atoms with Crippen LogP contribution in [0, 0.1) is 19.7 Å². The van der Waals surface area contributed by atoms with Crippen molar-refractivity contribution in [2.45, 2.75) is 20.3 Å². The van der Waals surface area contributed by atoms with Crippen molar-refractivity contribution in [3.05, 3.63) is 52.1 Å². The number of hydrogen-bond acceptors (Lipinski definition) is 5. The van der Waals surface area contributed by atoms with Crippen LogP contribution in [0.3, 0.4) is 0 Å². The van der Waals surface area contributed by atoms with Crippen molar-refractivity contribution in [2.75, 3.05) is 18.4 Å². The minimum atomic E-state index is -0.760. The summed E-state index contributed by atoms with van der Waals surface area (Å²) in [6, 6.07) is 4.02. The Morgan fingerprint density at radius 3 is 2.62 bits per heavy atom.